The van der Waals surface area contributed by atoms with Crippen molar-refractivity contribution in [1.29, 1.82) is 0 Å². The average Bonchev–Trinajstić information content (AvgIpc) is 2.13. The Labute approximate surface area is 91.2 Å². The SMILES string of the molecule is CCNC(C)(CCCSCC)C(N)=O. The number of hydrogen-bond acceptors (Lipinski definition) is 3. The molecule has 0 heterocycles. The highest BCUT2D eigenvalue weighted by atomic mass is 32.2. The van der Waals surface area contributed by atoms with Gasteiger partial charge in [0.1, 0.15) is 0 Å². The molecule has 0 saturated carbocycles. The van der Waals surface area contributed by atoms with Crippen LogP contribution in [0.3, 0.4) is 0 Å². The molecule has 0 saturated heterocycles. The van der Waals surface area contributed by atoms with E-state index < -0.39 is 5.54 Å². The van der Waals surface area contributed by atoms with Gasteiger partial charge in [0, 0.05) is 0 Å². The number of thioether (sulfide) groups is 1. The fourth-order valence-corrected chi connectivity index (χ4v) is 2.00. The predicted molar refractivity (Wildman–Crippen MR) is 63.5 cm³/mol. The summed E-state index contributed by atoms with van der Waals surface area (Å²) in [5.74, 6) is 1.99. The number of hydrogen-bond donors (Lipinski definition) is 2. The Hall–Kier alpha value is -0.220. The molecule has 0 radical (unpaired) electrons. The molecule has 0 aliphatic rings. The maximum Gasteiger partial charge on any atom is 0.237 e. The molecule has 3 nitrogen and oxygen atoms in total. The summed E-state index contributed by atoms with van der Waals surface area (Å²) in [6.45, 7) is 6.79. The third kappa shape index (κ3) is 4.86. The fourth-order valence-electron chi connectivity index (χ4n) is 1.36. The van der Waals surface area contributed by atoms with Gasteiger partial charge in [-0.15, -0.1) is 0 Å². The van der Waals surface area contributed by atoms with Crippen LogP contribution in [0.25, 0.3) is 0 Å². The standard InChI is InChI=1S/C10H22N2OS/c1-4-12-10(3,9(11)13)7-6-8-14-5-2/h12H,4-8H2,1-3H3,(H2,11,13). The Kier molecular flexibility index (Phi) is 7.01. The van der Waals surface area contributed by atoms with Crippen molar-refractivity contribution in [2.24, 2.45) is 5.73 Å². The second-order valence-corrected chi connectivity index (χ2v) is 4.92. The molecule has 0 spiro atoms. The first kappa shape index (κ1) is 13.8. The summed E-state index contributed by atoms with van der Waals surface area (Å²) in [6, 6.07) is 0. The first-order valence-electron chi connectivity index (χ1n) is 5.19. The van der Waals surface area contributed by atoms with Gasteiger partial charge >= 0.3 is 0 Å². The third-order valence-corrected chi connectivity index (χ3v) is 3.27. The highest BCUT2D eigenvalue weighted by Gasteiger charge is 2.28. The van der Waals surface area contributed by atoms with E-state index in [0.717, 1.165) is 30.9 Å². The minimum Gasteiger partial charge on any atom is -0.368 e. The summed E-state index contributed by atoms with van der Waals surface area (Å²) in [7, 11) is 0. The maximum absolute atomic E-state index is 11.2. The zero-order valence-electron chi connectivity index (χ0n) is 9.43. The van der Waals surface area contributed by atoms with Gasteiger partial charge in [-0.25, -0.2) is 0 Å². The van der Waals surface area contributed by atoms with Gasteiger partial charge < -0.3 is 11.1 Å². The highest BCUT2D eigenvalue weighted by Crippen LogP contribution is 2.14. The lowest BCUT2D eigenvalue weighted by atomic mass is 9.95. The monoisotopic (exact) mass is 218 g/mol. The van der Waals surface area contributed by atoms with Crippen molar-refractivity contribution in [3.8, 4) is 0 Å². The molecule has 0 aromatic rings. The van der Waals surface area contributed by atoms with Crippen molar-refractivity contribution < 1.29 is 4.79 Å². The van der Waals surface area contributed by atoms with Gasteiger partial charge in [0.25, 0.3) is 0 Å². The molecule has 0 fully saturated rings. The van der Waals surface area contributed by atoms with E-state index in [2.05, 4.69) is 12.2 Å². The van der Waals surface area contributed by atoms with E-state index in [-0.39, 0.29) is 5.91 Å². The number of carbonyl (C=O) groups is 1. The summed E-state index contributed by atoms with van der Waals surface area (Å²) >= 11 is 1.90. The minimum atomic E-state index is -0.525. The molecular formula is C10H22N2OS. The number of rotatable bonds is 8. The van der Waals surface area contributed by atoms with E-state index in [1.54, 1.807) is 0 Å². The van der Waals surface area contributed by atoms with Gasteiger partial charge in [-0.3, -0.25) is 4.79 Å². The van der Waals surface area contributed by atoms with Gasteiger partial charge in [-0.2, -0.15) is 11.8 Å². The Morgan fingerprint density at radius 1 is 1.50 bits per heavy atom. The van der Waals surface area contributed by atoms with Crippen molar-refractivity contribution >= 4 is 17.7 Å². The van der Waals surface area contributed by atoms with Gasteiger partial charge in [-0.05, 0) is 37.8 Å². The molecule has 0 aliphatic heterocycles. The van der Waals surface area contributed by atoms with E-state index in [9.17, 15) is 4.79 Å². The van der Waals surface area contributed by atoms with Crippen LogP contribution in [-0.4, -0.2) is 29.5 Å². The molecule has 0 aromatic heterocycles. The van der Waals surface area contributed by atoms with Crippen LogP contribution in [-0.2, 0) is 4.79 Å². The smallest absolute Gasteiger partial charge is 0.237 e. The number of likely N-dealkylation sites (N-methyl/N-ethyl adjacent to an activating group) is 1. The van der Waals surface area contributed by atoms with Crippen molar-refractivity contribution in [1.82, 2.24) is 5.32 Å². The van der Waals surface area contributed by atoms with Crippen molar-refractivity contribution in [2.75, 3.05) is 18.1 Å². The Morgan fingerprint density at radius 2 is 2.14 bits per heavy atom. The molecule has 1 atom stereocenters. The van der Waals surface area contributed by atoms with E-state index in [0.29, 0.717) is 0 Å². The van der Waals surface area contributed by atoms with Crippen LogP contribution in [0.4, 0.5) is 0 Å². The van der Waals surface area contributed by atoms with Crippen LogP contribution >= 0.6 is 11.8 Å². The number of nitrogens with two attached hydrogens (primary N) is 1. The second-order valence-electron chi connectivity index (χ2n) is 3.53. The van der Waals surface area contributed by atoms with Gasteiger partial charge in [0.15, 0.2) is 0 Å². The first-order valence-corrected chi connectivity index (χ1v) is 6.35. The Balaban J connectivity index is 3.90. The summed E-state index contributed by atoms with van der Waals surface area (Å²) in [6.07, 6.45) is 1.86. The minimum absolute atomic E-state index is 0.249. The lowest BCUT2D eigenvalue weighted by Crippen LogP contribution is -2.53. The van der Waals surface area contributed by atoms with Gasteiger partial charge in [-0.1, -0.05) is 13.8 Å². The summed E-state index contributed by atoms with van der Waals surface area (Å²) in [5, 5.41) is 3.15. The molecule has 0 aliphatic carbocycles. The molecule has 0 bridgehead atoms. The van der Waals surface area contributed by atoms with Crippen LogP contribution in [0.2, 0.25) is 0 Å². The summed E-state index contributed by atoms with van der Waals surface area (Å²) in [5.41, 5.74) is 4.84. The summed E-state index contributed by atoms with van der Waals surface area (Å²) in [4.78, 5) is 11.2. The average molecular weight is 218 g/mol. The molecular weight excluding hydrogens is 196 g/mol. The third-order valence-electron chi connectivity index (χ3n) is 2.28. The highest BCUT2D eigenvalue weighted by molar-refractivity contribution is 7.99. The lowest BCUT2D eigenvalue weighted by Gasteiger charge is -2.26. The number of primary amides is 1. The zero-order chi connectivity index (χ0) is 11.0. The zero-order valence-corrected chi connectivity index (χ0v) is 10.2. The first-order chi connectivity index (χ1) is 6.56. The number of carbonyl (C=O) groups excluding carboxylic acids is 1. The fraction of sp³-hybridized carbons (Fsp3) is 0.900. The van der Waals surface area contributed by atoms with Crippen molar-refractivity contribution in [2.45, 2.75) is 39.2 Å². The van der Waals surface area contributed by atoms with E-state index >= 15 is 0 Å². The van der Waals surface area contributed by atoms with Gasteiger partial charge in [0.05, 0.1) is 5.54 Å². The van der Waals surface area contributed by atoms with E-state index in [1.807, 2.05) is 25.6 Å². The Bertz CT molecular complexity index is 176. The normalized spacial score (nSPS) is 15.1. The largest absolute Gasteiger partial charge is 0.368 e. The van der Waals surface area contributed by atoms with Crippen molar-refractivity contribution in [3.05, 3.63) is 0 Å². The molecule has 4 heteroatoms. The summed E-state index contributed by atoms with van der Waals surface area (Å²) < 4.78 is 0. The molecule has 1 amide bonds. The molecule has 0 aromatic carbocycles. The second kappa shape index (κ2) is 7.12. The van der Waals surface area contributed by atoms with E-state index in [4.69, 9.17) is 5.73 Å². The van der Waals surface area contributed by atoms with Crippen LogP contribution < -0.4 is 11.1 Å². The number of nitrogens with one attached hydrogen (secondary N) is 1. The Morgan fingerprint density at radius 3 is 2.57 bits per heavy atom. The van der Waals surface area contributed by atoms with Crippen LogP contribution in [0.5, 0.6) is 0 Å². The quantitative estimate of drug-likeness (QED) is 0.605. The lowest BCUT2D eigenvalue weighted by molar-refractivity contribution is -0.124. The number of amides is 1. The molecule has 3 N–H and O–H groups in total. The molecule has 1 unspecified atom stereocenters. The molecule has 0 rings (SSSR count). The van der Waals surface area contributed by atoms with Crippen LogP contribution in [0, 0.1) is 0 Å². The topological polar surface area (TPSA) is 55.1 Å². The van der Waals surface area contributed by atoms with Gasteiger partial charge in [0.2, 0.25) is 5.91 Å². The molecule has 84 valence electrons. The van der Waals surface area contributed by atoms with Crippen molar-refractivity contribution in [3.63, 3.8) is 0 Å². The predicted octanol–water partition coefficient (Wildman–Crippen LogP) is 1.37. The van der Waals surface area contributed by atoms with Crippen LogP contribution in [0.15, 0.2) is 0 Å². The maximum atomic E-state index is 11.2. The molecule has 14 heavy (non-hydrogen) atoms. The van der Waals surface area contributed by atoms with Crippen LogP contribution in [0.1, 0.15) is 33.6 Å². The van der Waals surface area contributed by atoms with E-state index in [1.165, 1.54) is 0 Å².